The summed E-state index contributed by atoms with van der Waals surface area (Å²) in [5, 5.41) is 13.8. The first-order valence-electron chi connectivity index (χ1n) is 10.7. The van der Waals surface area contributed by atoms with E-state index in [0.717, 1.165) is 63.8 Å². The Balaban J connectivity index is 1.95. The van der Waals surface area contributed by atoms with Crippen LogP contribution in [0.2, 0.25) is 6.04 Å². The first kappa shape index (κ1) is 26.3. The summed E-state index contributed by atoms with van der Waals surface area (Å²) in [5.74, 6) is -0.778. The Kier molecular flexibility index (Phi) is 15.0. The smallest absolute Gasteiger partial charge is 0.341 e. The monoisotopic (exact) mass is 484 g/mol. The number of carboxylic acids is 1. The van der Waals surface area contributed by atoms with Gasteiger partial charge in [-0.15, -0.1) is 33.2 Å². The lowest BCUT2D eigenvalue weighted by atomic mass is 9.94. The van der Waals surface area contributed by atoms with Crippen LogP contribution in [0.4, 0.5) is 0 Å². The molecule has 1 aromatic heterocycles. The average Bonchev–Trinajstić information content (AvgIpc) is 3.13. The summed E-state index contributed by atoms with van der Waals surface area (Å²) < 4.78 is 0. The minimum Gasteiger partial charge on any atom is -0.481 e. The van der Waals surface area contributed by atoms with E-state index in [2.05, 4.69) is 16.8 Å². The maximum absolute atomic E-state index is 11.5. The molecule has 0 saturated heterocycles. The molecule has 0 aliphatic carbocycles. The lowest BCUT2D eigenvalue weighted by Crippen LogP contribution is -2.13. The molecule has 0 aliphatic heterocycles. The van der Waals surface area contributed by atoms with E-state index in [9.17, 15) is 9.90 Å². The molecule has 0 spiro atoms. The topological polar surface area (TPSA) is 37.3 Å². The predicted octanol–water partition coefficient (Wildman–Crippen LogP) is 8.72. The zero-order valence-corrected chi connectivity index (χ0v) is 20.9. The van der Waals surface area contributed by atoms with E-state index in [1.807, 2.05) is 0 Å². The van der Waals surface area contributed by atoms with Gasteiger partial charge in [-0.1, -0.05) is 64.2 Å². The number of carboxylic acid groups (broad SMARTS) is 1. The molecule has 0 radical (unpaired) electrons. The number of halogens is 3. The third-order valence-electron chi connectivity index (χ3n) is 5.21. The average molecular weight is 486 g/mol. The summed E-state index contributed by atoms with van der Waals surface area (Å²) >= 11 is 19.4. The highest BCUT2D eigenvalue weighted by Crippen LogP contribution is 2.27. The number of aryl methyl sites for hydroxylation is 1. The van der Waals surface area contributed by atoms with Crippen LogP contribution < -0.4 is 0 Å². The third kappa shape index (κ3) is 15.1. The van der Waals surface area contributed by atoms with Gasteiger partial charge in [0.25, 0.3) is 0 Å². The van der Waals surface area contributed by atoms with Gasteiger partial charge < -0.3 is 5.11 Å². The molecule has 28 heavy (non-hydrogen) atoms. The molecule has 162 valence electrons. The van der Waals surface area contributed by atoms with E-state index >= 15 is 0 Å². The zero-order chi connectivity index (χ0) is 20.7. The number of rotatable bonds is 18. The first-order chi connectivity index (χ1) is 13.4. The van der Waals surface area contributed by atoms with Crippen molar-refractivity contribution in [2.45, 2.75) is 95.9 Å². The summed E-state index contributed by atoms with van der Waals surface area (Å²) in [5.41, 5.74) is 1.43. The molecule has 7 heteroatoms. The molecular weight excluding hydrogens is 451 g/mol. The summed E-state index contributed by atoms with van der Waals surface area (Å²) in [7, 11) is 0. The quantitative estimate of drug-likeness (QED) is 0.128. The second-order valence-corrected chi connectivity index (χ2v) is 17.8. The van der Waals surface area contributed by atoms with E-state index in [1.54, 1.807) is 11.3 Å². The molecule has 1 N–H and O–H groups in total. The van der Waals surface area contributed by atoms with Gasteiger partial charge in [0.15, 0.2) is 0 Å². The highest BCUT2D eigenvalue weighted by molar-refractivity contribution is 7.64. The van der Waals surface area contributed by atoms with Crippen molar-refractivity contribution >= 4 is 56.5 Å². The SMILES string of the molecule is O=C(O)C(CCCCCCCCC[Si](Cl)(Cl)Cl)CCCCCCc1ccsc1. The van der Waals surface area contributed by atoms with Gasteiger partial charge in [-0.25, -0.2) is 0 Å². The molecule has 1 atom stereocenters. The summed E-state index contributed by atoms with van der Waals surface area (Å²) in [6.07, 6.45) is 15.2. The van der Waals surface area contributed by atoms with Gasteiger partial charge in [0.05, 0.1) is 5.92 Å². The molecule has 0 fully saturated rings. The van der Waals surface area contributed by atoms with Crippen LogP contribution in [-0.4, -0.2) is 17.1 Å². The van der Waals surface area contributed by atoms with Crippen LogP contribution in [0.5, 0.6) is 0 Å². The van der Waals surface area contributed by atoms with Gasteiger partial charge in [-0.2, -0.15) is 11.3 Å². The van der Waals surface area contributed by atoms with Crippen molar-refractivity contribution in [2.75, 3.05) is 0 Å². The van der Waals surface area contributed by atoms with Crippen LogP contribution in [0.25, 0.3) is 0 Å². The van der Waals surface area contributed by atoms with Crippen molar-refractivity contribution in [2.24, 2.45) is 5.92 Å². The van der Waals surface area contributed by atoms with Crippen LogP contribution in [0.1, 0.15) is 89.0 Å². The normalized spacial score (nSPS) is 13.0. The minimum absolute atomic E-state index is 0.161. The van der Waals surface area contributed by atoms with Crippen LogP contribution in [0.3, 0.4) is 0 Å². The van der Waals surface area contributed by atoms with Gasteiger partial charge in [-0.3, -0.25) is 4.79 Å². The third-order valence-corrected chi connectivity index (χ3v) is 8.56. The standard InChI is InChI=1S/C21H35Cl3O2SSi/c22-28(23,24)17-11-7-3-1-2-4-9-13-20(21(25)26)14-10-6-5-8-12-19-15-16-27-18-19/h15-16,18,20H,1-14,17H2,(H,25,26). The fraction of sp³-hybridized carbons (Fsp3) is 0.762. The number of aliphatic carboxylic acids is 1. The molecule has 1 heterocycles. The number of thiophene rings is 1. The Morgan fingerprint density at radius 2 is 1.43 bits per heavy atom. The molecule has 2 nitrogen and oxygen atoms in total. The largest absolute Gasteiger partial charge is 0.481 e. The minimum atomic E-state index is -2.43. The van der Waals surface area contributed by atoms with E-state index < -0.39 is 12.0 Å². The molecule has 0 saturated carbocycles. The van der Waals surface area contributed by atoms with Crippen molar-refractivity contribution < 1.29 is 9.90 Å². The molecule has 0 bridgehead atoms. The van der Waals surface area contributed by atoms with Crippen LogP contribution in [0, 0.1) is 5.92 Å². The molecule has 1 rings (SSSR count). The van der Waals surface area contributed by atoms with Gasteiger partial charge >= 0.3 is 12.0 Å². The summed E-state index contributed by atoms with van der Waals surface area (Å²) in [6, 6.07) is 0.515. The molecule has 0 aliphatic rings. The Morgan fingerprint density at radius 3 is 1.93 bits per heavy atom. The highest BCUT2D eigenvalue weighted by Gasteiger charge is 2.23. The summed E-state index contributed by atoms with van der Waals surface area (Å²) in [4.78, 5) is 11.5. The Hall–Kier alpha value is 0.257. The maximum atomic E-state index is 11.5. The van der Waals surface area contributed by atoms with Crippen molar-refractivity contribution in [1.82, 2.24) is 0 Å². The molecule has 1 aromatic rings. The van der Waals surface area contributed by atoms with Gasteiger partial charge in [0, 0.05) is 0 Å². The second kappa shape index (κ2) is 16.0. The van der Waals surface area contributed by atoms with Crippen molar-refractivity contribution in [3.8, 4) is 0 Å². The van der Waals surface area contributed by atoms with Crippen LogP contribution in [0.15, 0.2) is 16.8 Å². The van der Waals surface area contributed by atoms with Crippen LogP contribution in [-0.2, 0) is 11.2 Å². The van der Waals surface area contributed by atoms with Crippen LogP contribution >= 0.6 is 44.6 Å². The Labute approximate surface area is 190 Å². The van der Waals surface area contributed by atoms with Crippen molar-refractivity contribution in [3.05, 3.63) is 22.4 Å². The van der Waals surface area contributed by atoms with E-state index in [1.165, 1.54) is 37.7 Å². The molecule has 0 aromatic carbocycles. The van der Waals surface area contributed by atoms with Gasteiger partial charge in [0.2, 0.25) is 0 Å². The van der Waals surface area contributed by atoms with E-state index in [0.29, 0.717) is 0 Å². The fourth-order valence-corrected chi connectivity index (χ4v) is 6.06. The zero-order valence-electron chi connectivity index (χ0n) is 16.8. The van der Waals surface area contributed by atoms with E-state index in [-0.39, 0.29) is 5.92 Å². The van der Waals surface area contributed by atoms with Crippen molar-refractivity contribution in [1.29, 1.82) is 0 Å². The number of unbranched alkanes of at least 4 members (excludes halogenated alkanes) is 9. The second-order valence-electron chi connectivity index (χ2n) is 7.75. The summed E-state index contributed by atoms with van der Waals surface area (Å²) in [6.45, 7) is 0. The molecular formula is C21H35Cl3O2SSi. The van der Waals surface area contributed by atoms with Gasteiger partial charge in [0.1, 0.15) is 0 Å². The molecule has 0 amide bonds. The first-order valence-corrected chi connectivity index (χ1v) is 16.9. The Morgan fingerprint density at radius 1 is 0.893 bits per heavy atom. The highest BCUT2D eigenvalue weighted by atomic mass is 35.8. The number of hydrogen-bond donors (Lipinski definition) is 1. The van der Waals surface area contributed by atoms with E-state index in [4.69, 9.17) is 33.2 Å². The lowest BCUT2D eigenvalue weighted by molar-refractivity contribution is -0.142. The fourth-order valence-electron chi connectivity index (χ4n) is 3.50. The lowest BCUT2D eigenvalue weighted by Gasteiger charge is -2.12. The number of carbonyl (C=O) groups is 1. The molecule has 1 unspecified atom stereocenters. The van der Waals surface area contributed by atoms with Gasteiger partial charge in [-0.05, 0) is 54.1 Å². The number of hydrogen-bond acceptors (Lipinski definition) is 2. The van der Waals surface area contributed by atoms with Crippen molar-refractivity contribution in [3.63, 3.8) is 0 Å². The predicted molar refractivity (Wildman–Crippen MR) is 127 cm³/mol. The Bertz CT molecular complexity index is 506. The maximum Gasteiger partial charge on any atom is 0.341 e.